The van der Waals surface area contributed by atoms with Gasteiger partial charge in [-0.3, -0.25) is 4.79 Å². The molecule has 24 heavy (non-hydrogen) atoms. The number of halogens is 1. The van der Waals surface area contributed by atoms with E-state index >= 15 is 0 Å². The minimum absolute atomic E-state index is 0.0146. The molecule has 3 unspecified atom stereocenters. The Labute approximate surface area is 142 Å². The van der Waals surface area contributed by atoms with E-state index in [-0.39, 0.29) is 23.9 Å². The standard InChI is InChI=1S/C18H27FN2O3/c1-5-23-15-10-18(20,17(15,3)4)16(22)21-11-12(2)24-14-8-6-7-13(19)9-14/h6-9,12,15H,5,10-11,20H2,1-4H3,(H,21,22). The molecular weight excluding hydrogens is 311 g/mol. The third-order valence-corrected chi connectivity index (χ3v) is 4.92. The second-order valence-corrected chi connectivity index (χ2v) is 6.94. The molecule has 1 aromatic carbocycles. The van der Waals surface area contributed by atoms with Crippen LogP contribution in [0.25, 0.3) is 0 Å². The number of carbonyl (C=O) groups excluding carboxylic acids is 1. The van der Waals surface area contributed by atoms with Crippen LogP contribution in [0.5, 0.6) is 5.75 Å². The molecular formula is C18H27FN2O3. The lowest BCUT2D eigenvalue weighted by Crippen LogP contribution is -2.76. The van der Waals surface area contributed by atoms with Gasteiger partial charge in [0, 0.05) is 24.5 Å². The highest BCUT2D eigenvalue weighted by atomic mass is 19.1. The molecule has 2 rings (SSSR count). The lowest BCUT2D eigenvalue weighted by molar-refractivity contribution is -0.170. The van der Waals surface area contributed by atoms with Crippen molar-refractivity contribution in [1.29, 1.82) is 0 Å². The monoisotopic (exact) mass is 338 g/mol. The maximum absolute atomic E-state index is 13.1. The van der Waals surface area contributed by atoms with E-state index in [4.69, 9.17) is 15.2 Å². The summed E-state index contributed by atoms with van der Waals surface area (Å²) in [5.41, 5.74) is 4.94. The van der Waals surface area contributed by atoms with Crippen molar-refractivity contribution >= 4 is 5.91 Å². The third-order valence-electron chi connectivity index (χ3n) is 4.92. The first-order chi connectivity index (χ1) is 11.2. The fourth-order valence-electron chi connectivity index (χ4n) is 3.03. The summed E-state index contributed by atoms with van der Waals surface area (Å²) in [6, 6.07) is 5.92. The van der Waals surface area contributed by atoms with Gasteiger partial charge < -0.3 is 20.5 Å². The van der Waals surface area contributed by atoms with Crippen LogP contribution in [-0.4, -0.2) is 36.8 Å². The highest BCUT2D eigenvalue weighted by Crippen LogP contribution is 2.49. The maximum atomic E-state index is 13.1. The van der Waals surface area contributed by atoms with Gasteiger partial charge in [0.05, 0.1) is 12.6 Å². The van der Waals surface area contributed by atoms with Crippen LogP contribution in [0.4, 0.5) is 4.39 Å². The van der Waals surface area contributed by atoms with E-state index < -0.39 is 11.0 Å². The zero-order chi connectivity index (χ0) is 18.0. The van der Waals surface area contributed by atoms with E-state index in [2.05, 4.69) is 5.32 Å². The molecule has 1 amide bonds. The van der Waals surface area contributed by atoms with Crippen LogP contribution >= 0.6 is 0 Å². The number of amides is 1. The van der Waals surface area contributed by atoms with E-state index in [1.54, 1.807) is 12.1 Å². The first-order valence-electron chi connectivity index (χ1n) is 8.31. The largest absolute Gasteiger partial charge is 0.489 e. The number of ether oxygens (including phenoxy) is 2. The van der Waals surface area contributed by atoms with E-state index in [1.165, 1.54) is 12.1 Å². The summed E-state index contributed by atoms with van der Waals surface area (Å²) in [4.78, 5) is 12.5. The van der Waals surface area contributed by atoms with Gasteiger partial charge in [-0.05, 0) is 26.0 Å². The molecule has 1 fully saturated rings. The van der Waals surface area contributed by atoms with Gasteiger partial charge in [0.2, 0.25) is 5.91 Å². The Hall–Kier alpha value is -1.66. The van der Waals surface area contributed by atoms with E-state index in [0.717, 1.165) is 0 Å². The number of hydrogen-bond donors (Lipinski definition) is 2. The number of nitrogens with two attached hydrogens (primary N) is 1. The van der Waals surface area contributed by atoms with Gasteiger partial charge in [-0.1, -0.05) is 19.9 Å². The molecule has 3 atom stereocenters. The third kappa shape index (κ3) is 3.54. The van der Waals surface area contributed by atoms with Crippen LogP contribution in [0.3, 0.4) is 0 Å². The molecule has 1 aliphatic carbocycles. The SMILES string of the molecule is CCOC1CC(N)(C(=O)NCC(C)Oc2cccc(F)c2)C1(C)C. The van der Waals surface area contributed by atoms with Crippen LogP contribution < -0.4 is 15.8 Å². The first-order valence-corrected chi connectivity index (χ1v) is 8.31. The number of hydrogen-bond acceptors (Lipinski definition) is 4. The predicted molar refractivity (Wildman–Crippen MR) is 90.2 cm³/mol. The molecule has 1 saturated carbocycles. The summed E-state index contributed by atoms with van der Waals surface area (Å²) < 4.78 is 24.4. The molecule has 0 radical (unpaired) electrons. The second kappa shape index (κ2) is 7.07. The van der Waals surface area contributed by atoms with Crippen LogP contribution in [0.15, 0.2) is 24.3 Å². The van der Waals surface area contributed by atoms with Gasteiger partial charge in [0.1, 0.15) is 23.2 Å². The summed E-state index contributed by atoms with van der Waals surface area (Å²) >= 11 is 0. The number of carbonyl (C=O) groups is 1. The number of nitrogens with one attached hydrogen (secondary N) is 1. The average molecular weight is 338 g/mol. The van der Waals surface area contributed by atoms with Crippen molar-refractivity contribution in [2.75, 3.05) is 13.2 Å². The molecule has 3 N–H and O–H groups in total. The Balaban J connectivity index is 1.87. The van der Waals surface area contributed by atoms with Gasteiger partial charge in [0.15, 0.2) is 0 Å². The van der Waals surface area contributed by atoms with Crippen LogP contribution in [0.2, 0.25) is 0 Å². The van der Waals surface area contributed by atoms with Gasteiger partial charge in [-0.15, -0.1) is 0 Å². The molecule has 0 spiro atoms. The van der Waals surface area contributed by atoms with Gasteiger partial charge in [0.25, 0.3) is 0 Å². The van der Waals surface area contributed by atoms with Crippen molar-refractivity contribution in [2.45, 2.75) is 51.9 Å². The van der Waals surface area contributed by atoms with Crippen molar-refractivity contribution in [3.8, 4) is 5.75 Å². The minimum Gasteiger partial charge on any atom is -0.489 e. The molecule has 6 heteroatoms. The Kier molecular flexibility index (Phi) is 5.50. The van der Waals surface area contributed by atoms with E-state index in [1.807, 2.05) is 27.7 Å². The zero-order valence-corrected chi connectivity index (χ0v) is 14.8. The highest BCUT2D eigenvalue weighted by Gasteiger charge is 2.62. The summed E-state index contributed by atoms with van der Waals surface area (Å²) in [6.45, 7) is 8.53. The topological polar surface area (TPSA) is 73.6 Å². The minimum atomic E-state index is -0.953. The Morgan fingerprint density at radius 1 is 1.50 bits per heavy atom. The van der Waals surface area contributed by atoms with Gasteiger partial charge >= 0.3 is 0 Å². The normalized spacial score (nSPS) is 26.3. The lowest BCUT2D eigenvalue weighted by atomic mass is 9.54. The van der Waals surface area contributed by atoms with Crippen molar-refractivity contribution in [3.63, 3.8) is 0 Å². The fraction of sp³-hybridized carbons (Fsp3) is 0.611. The van der Waals surface area contributed by atoms with Crippen molar-refractivity contribution in [3.05, 3.63) is 30.1 Å². The smallest absolute Gasteiger partial charge is 0.240 e. The van der Waals surface area contributed by atoms with E-state index in [0.29, 0.717) is 25.3 Å². The fourth-order valence-corrected chi connectivity index (χ4v) is 3.03. The summed E-state index contributed by atoms with van der Waals surface area (Å²) in [6.07, 6.45) is 0.183. The molecule has 1 aliphatic rings. The maximum Gasteiger partial charge on any atom is 0.240 e. The summed E-state index contributed by atoms with van der Waals surface area (Å²) in [7, 11) is 0. The van der Waals surface area contributed by atoms with Crippen molar-refractivity contribution in [2.24, 2.45) is 11.1 Å². The Bertz CT molecular complexity index is 593. The molecule has 5 nitrogen and oxygen atoms in total. The van der Waals surface area contributed by atoms with Gasteiger partial charge in [-0.2, -0.15) is 0 Å². The number of rotatable bonds is 7. The summed E-state index contributed by atoms with van der Waals surface area (Å²) in [5, 5.41) is 2.84. The van der Waals surface area contributed by atoms with Crippen LogP contribution in [0.1, 0.15) is 34.1 Å². The molecule has 0 saturated heterocycles. The zero-order valence-electron chi connectivity index (χ0n) is 14.8. The number of benzene rings is 1. The predicted octanol–water partition coefficient (Wildman–Crippen LogP) is 2.24. The van der Waals surface area contributed by atoms with Crippen LogP contribution in [-0.2, 0) is 9.53 Å². The molecule has 1 aromatic rings. The highest BCUT2D eigenvalue weighted by molar-refractivity contribution is 5.88. The average Bonchev–Trinajstić information content (AvgIpc) is 2.52. The molecule has 0 bridgehead atoms. The van der Waals surface area contributed by atoms with E-state index in [9.17, 15) is 9.18 Å². The van der Waals surface area contributed by atoms with Crippen LogP contribution in [0, 0.1) is 11.2 Å². The quantitative estimate of drug-likeness (QED) is 0.800. The lowest BCUT2D eigenvalue weighted by Gasteiger charge is -2.57. The molecule has 0 aromatic heterocycles. The Morgan fingerprint density at radius 2 is 2.21 bits per heavy atom. The molecule has 0 aliphatic heterocycles. The van der Waals surface area contributed by atoms with Crippen molar-refractivity contribution in [1.82, 2.24) is 5.32 Å². The first kappa shape index (κ1) is 18.7. The summed E-state index contributed by atoms with van der Waals surface area (Å²) in [5.74, 6) is -0.138. The Morgan fingerprint density at radius 3 is 2.79 bits per heavy atom. The van der Waals surface area contributed by atoms with Gasteiger partial charge in [-0.25, -0.2) is 4.39 Å². The molecule has 0 heterocycles. The van der Waals surface area contributed by atoms with Crippen molar-refractivity contribution < 1.29 is 18.7 Å². The second-order valence-electron chi connectivity index (χ2n) is 6.94. The molecule has 134 valence electrons.